The van der Waals surface area contributed by atoms with Gasteiger partial charge in [-0.3, -0.25) is 4.68 Å². The molecule has 1 aromatic heterocycles. The SMILES string of the molecule is Cn1nccc1-c1ccc(F)cc1F. The van der Waals surface area contributed by atoms with Crippen LogP contribution in [-0.2, 0) is 7.05 Å². The van der Waals surface area contributed by atoms with E-state index >= 15 is 0 Å². The Balaban J connectivity index is 2.58. The van der Waals surface area contributed by atoms with Gasteiger partial charge in [0, 0.05) is 24.9 Å². The summed E-state index contributed by atoms with van der Waals surface area (Å²) in [6.45, 7) is 0. The van der Waals surface area contributed by atoms with Crippen LogP contribution in [-0.4, -0.2) is 9.78 Å². The Morgan fingerprint density at radius 3 is 2.57 bits per heavy atom. The van der Waals surface area contributed by atoms with Gasteiger partial charge in [0.1, 0.15) is 11.6 Å². The smallest absolute Gasteiger partial charge is 0.135 e. The first kappa shape index (κ1) is 8.87. The van der Waals surface area contributed by atoms with Crippen molar-refractivity contribution in [2.75, 3.05) is 0 Å². The van der Waals surface area contributed by atoms with Gasteiger partial charge in [-0.2, -0.15) is 5.10 Å². The third-order valence-electron chi connectivity index (χ3n) is 2.03. The molecular formula is C10H8F2N2. The van der Waals surface area contributed by atoms with Gasteiger partial charge >= 0.3 is 0 Å². The summed E-state index contributed by atoms with van der Waals surface area (Å²) in [5.74, 6) is -1.15. The highest BCUT2D eigenvalue weighted by Gasteiger charge is 2.08. The van der Waals surface area contributed by atoms with Crippen molar-refractivity contribution < 1.29 is 8.78 Å². The van der Waals surface area contributed by atoms with Crippen molar-refractivity contribution in [1.29, 1.82) is 0 Å². The minimum Gasteiger partial charge on any atom is -0.268 e. The van der Waals surface area contributed by atoms with E-state index in [1.807, 2.05) is 0 Å². The largest absolute Gasteiger partial charge is 0.268 e. The summed E-state index contributed by atoms with van der Waals surface area (Å²) in [5, 5.41) is 3.91. The molecule has 1 aromatic carbocycles. The van der Waals surface area contributed by atoms with Crippen molar-refractivity contribution >= 4 is 0 Å². The van der Waals surface area contributed by atoms with Gasteiger partial charge in [-0.15, -0.1) is 0 Å². The van der Waals surface area contributed by atoms with Crippen LogP contribution in [0.3, 0.4) is 0 Å². The quantitative estimate of drug-likeness (QED) is 0.681. The lowest BCUT2D eigenvalue weighted by Gasteiger charge is -2.03. The van der Waals surface area contributed by atoms with E-state index in [0.29, 0.717) is 11.3 Å². The molecule has 0 radical (unpaired) electrons. The molecule has 2 rings (SSSR count). The van der Waals surface area contributed by atoms with Crippen molar-refractivity contribution in [1.82, 2.24) is 9.78 Å². The summed E-state index contributed by atoms with van der Waals surface area (Å²) in [4.78, 5) is 0. The van der Waals surface area contributed by atoms with Crippen molar-refractivity contribution in [3.05, 3.63) is 42.1 Å². The molecular weight excluding hydrogens is 186 g/mol. The lowest BCUT2D eigenvalue weighted by atomic mass is 10.1. The topological polar surface area (TPSA) is 17.8 Å². The zero-order valence-corrected chi connectivity index (χ0v) is 7.54. The maximum Gasteiger partial charge on any atom is 0.135 e. The molecule has 4 heteroatoms. The van der Waals surface area contributed by atoms with E-state index in [0.717, 1.165) is 6.07 Å². The summed E-state index contributed by atoms with van der Waals surface area (Å²) in [7, 11) is 1.71. The van der Waals surface area contributed by atoms with E-state index in [9.17, 15) is 8.78 Å². The van der Waals surface area contributed by atoms with Crippen molar-refractivity contribution in [3.63, 3.8) is 0 Å². The van der Waals surface area contributed by atoms with Gasteiger partial charge < -0.3 is 0 Å². The average Bonchev–Trinajstić information content (AvgIpc) is 2.52. The zero-order chi connectivity index (χ0) is 10.1. The molecule has 0 aliphatic heterocycles. The number of hydrogen-bond donors (Lipinski definition) is 0. The Morgan fingerprint density at radius 1 is 1.21 bits per heavy atom. The first-order valence-electron chi connectivity index (χ1n) is 4.12. The molecule has 0 saturated carbocycles. The van der Waals surface area contributed by atoms with E-state index < -0.39 is 11.6 Å². The molecule has 72 valence electrons. The van der Waals surface area contributed by atoms with Crippen LogP contribution in [0.15, 0.2) is 30.5 Å². The van der Waals surface area contributed by atoms with E-state index in [-0.39, 0.29) is 0 Å². The molecule has 0 bridgehead atoms. The van der Waals surface area contributed by atoms with E-state index in [1.54, 1.807) is 19.3 Å². The Morgan fingerprint density at radius 2 is 2.00 bits per heavy atom. The van der Waals surface area contributed by atoms with E-state index in [4.69, 9.17) is 0 Å². The fraction of sp³-hybridized carbons (Fsp3) is 0.100. The predicted molar refractivity (Wildman–Crippen MR) is 48.6 cm³/mol. The molecule has 0 amide bonds. The van der Waals surface area contributed by atoms with Crippen LogP contribution in [0.25, 0.3) is 11.3 Å². The second-order valence-corrected chi connectivity index (χ2v) is 2.96. The molecule has 2 nitrogen and oxygen atoms in total. The number of aromatic nitrogens is 2. The molecule has 1 heterocycles. The van der Waals surface area contributed by atoms with Gasteiger partial charge in [-0.1, -0.05) is 0 Å². The molecule has 0 aliphatic carbocycles. The Kier molecular flexibility index (Phi) is 2.04. The van der Waals surface area contributed by atoms with Crippen molar-refractivity contribution in [3.8, 4) is 11.3 Å². The van der Waals surface area contributed by atoms with Crippen LogP contribution >= 0.6 is 0 Å². The van der Waals surface area contributed by atoms with Gasteiger partial charge in [0.25, 0.3) is 0 Å². The minimum absolute atomic E-state index is 0.353. The fourth-order valence-electron chi connectivity index (χ4n) is 1.34. The highest BCUT2D eigenvalue weighted by molar-refractivity contribution is 5.59. The summed E-state index contributed by atoms with van der Waals surface area (Å²) >= 11 is 0. The van der Waals surface area contributed by atoms with Crippen LogP contribution < -0.4 is 0 Å². The molecule has 2 aromatic rings. The number of nitrogens with zero attached hydrogens (tertiary/aromatic N) is 2. The summed E-state index contributed by atoms with van der Waals surface area (Å²) < 4.78 is 27.5. The lowest BCUT2D eigenvalue weighted by Crippen LogP contribution is -1.95. The molecule has 0 aliphatic rings. The highest BCUT2D eigenvalue weighted by atomic mass is 19.1. The van der Waals surface area contributed by atoms with E-state index in [2.05, 4.69) is 5.10 Å². The number of hydrogen-bond acceptors (Lipinski definition) is 1. The normalized spacial score (nSPS) is 10.5. The molecule has 14 heavy (non-hydrogen) atoms. The third kappa shape index (κ3) is 1.39. The van der Waals surface area contributed by atoms with Crippen LogP contribution in [0.1, 0.15) is 0 Å². The maximum atomic E-state index is 13.3. The highest BCUT2D eigenvalue weighted by Crippen LogP contribution is 2.22. The van der Waals surface area contributed by atoms with Gasteiger partial charge in [-0.25, -0.2) is 8.78 Å². The molecule has 0 N–H and O–H groups in total. The Labute approximate surface area is 79.8 Å². The molecule has 0 spiro atoms. The van der Waals surface area contributed by atoms with E-state index in [1.165, 1.54) is 16.8 Å². The lowest BCUT2D eigenvalue weighted by molar-refractivity contribution is 0.584. The molecule has 0 atom stereocenters. The molecule has 0 fully saturated rings. The van der Waals surface area contributed by atoms with Gasteiger partial charge in [-0.05, 0) is 18.2 Å². The Hall–Kier alpha value is -1.71. The van der Waals surface area contributed by atoms with Crippen LogP contribution in [0.4, 0.5) is 8.78 Å². The van der Waals surface area contributed by atoms with Crippen molar-refractivity contribution in [2.24, 2.45) is 7.05 Å². The fourth-order valence-corrected chi connectivity index (χ4v) is 1.34. The maximum absolute atomic E-state index is 13.3. The predicted octanol–water partition coefficient (Wildman–Crippen LogP) is 2.37. The van der Waals surface area contributed by atoms with Crippen LogP contribution in [0.2, 0.25) is 0 Å². The summed E-state index contributed by atoms with van der Waals surface area (Å²) in [6, 6.07) is 5.17. The minimum atomic E-state index is -0.576. The number of halogens is 2. The number of aryl methyl sites for hydroxylation is 1. The second-order valence-electron chi connectivity index (χ2n) is 2.96. The standard InChI is InChI=1S/C10H8F2N2/c1-14-10(4-5-13-14)8-3-2-7(11)6-9(8)12/h2-6H,1H3. The average molecular weight is 194 g/mol. The number of rotatable bonds is 1. The summed E-state index contributed by atoms with van der Waals surface area (Å²) in [6.07, 6.45) is 1.57. The number of benzene rings is 1. The zero-order valence-electron chi connectivity index (χ0n) is 7.54. The Bertz CT molecular complexity index is 463. The molecule has 0 saturated heterocycles. The third-order valence-corrected chi connectivity index (χ3v) is 2.03. The van der Waals surface area contributed by atoms with Gasteiger partial charge in [0.2, 0.25) is 0 Å². The summed E-state index contributed by atoms with van der Waals surface area (Å²) in [5.41, 5.74) is 0.980. The van der Waals surface area contributed by atoms with Crippen molar-refractivity contribution in [2.45, 2.75) is 0 Å². The van der Waals surface area contributed by atoms with Gasteiger partial charge in [0.05, 0.1) is 5.69 Å². The van der Waals surface area contributed by atoms with Crippen LogP contribution in [0.5, 0.6) is 0 Å². The van der Waals surface area contributed by atoms with Gasteiger partial charge in [0.15, 0.2) is 0 Å². The monoisotopic (exact) mass is 194 g/mol. The first-order chi connectivity index (χ1) is 6.68. The molecule has 0 unspecified atom stereocenters. The van der Waals surface area contributed by atoms with Crippen LogP contribution in [0, 0.1) is 11.6 Å². The second kappa shape index (κ2) is 3.21. The first-order valence-corrected chi connectivity index (χ1v) is 4.12.